The Morgan fingerprint density at radius 3 is 2.79 bits per heavy atom. The Bertz CT molecular complexity index is 899. The summed E-state index contributed by atoms with van der Waals surface area (Å²) < 4.78 is 5.63. The lowest BCUT2D eigenvalue weighted by Crippen LogP contribution is -2.32. The average molecular weight is 320 g/mol. The van der Waals surface area contributed by atoms with Crippen LogP contribution in [0.3, 0.4) is 0 Å². The van der Waals surface area contributed by atoms with Crippen LogP contribution >= 0.6 is 0 Å². The van der Waals surface area contributed by atoms with Gasteiger partial charge in [-0.1, -0.05) is 36.4 Å². The van der Waals surface area contributed by atoms with Gasteiger partial charge in [0.05, 0.1) is 12.3 Å². The van der Waals surface area contributed by atoms with Gasteiger partial charge in [-0.05, 0) is 24.6 Å². The Hall–Kier alpha value is -2.59. The minimum atomic E-state index is 0.0642. The molecule has 0 bridgehead atoms. The van der Waals surface area contributed by atoms with Gasteiger partial charge in [0.15, 0.2) is 0 Å². The molecule has 1 aliphatic rings. The second-order valence-corrected chi connectivity index (χ2v) is 6.34. The molecule has 4 nitrogen and oxygen atoms in total. The van der Waals surface area contributed by atoms with Crippen molar-refractivity contribution in [2.24, 2.45) is 0 Å². The number of nitrogens with zero attached hydrogens (tertiary/aromatic N) is 1. The molecule has 1 aliphatic heterocycles. The lowest BCUT2D eigenvalue weighted by Gasteiger charge is -2.23. The van der Waals surface area contributed by atoms with Crippen LogP contribution in [0.4, 0.5) is 0 Å². The van der Waals surface area contributed by atoms with Crippen LogP contribution in [0.2, 0.25) is 0 Å². The zero-order valence-corrected chi connectivity index (χ0v) is 13.8. The molecule has 24 heavy (non-hydrogen) atoms. The number of hydrogen-bond acceptors (Lipinski definition) is 3. The molecule has 1 N–H and O–H groups in total. The summed E-state index contributed by atoms with van der Waals surface area (Å²) in [6.45, 7) is 2.83. The number of carbonyl (C=O) groups is 1. The Kier molecular flexibility index (Phi) is 3.62. The lowest BCUT2D eigenvalue weighted by atomic mass is 10.0. The van der Waals surface area contributed by atoms with E-state index < -0.39 is 0 Å². The Labute approximate surface area is 141 Å². The van der Waals surface area contributed by atoms with E-state index in [9.17, 15) is 4.79 Å². The van der Waals surface area contributed by atoms with Crippen LogP contribution in [0.25, 0.3) is 11.0 Å². The minimum Gasteiger partial charge on any atom is -0.464 e. The largest absolute Gasteiger partial charge is 0.464 e. The third-order valence-corrected chi connectivity index (χ3v) is 4.93. The quantitative estimate of drug-likeness (QED) is 0.793. The van der Waals surface area contributed by atoms with Crippen LogP contribution in [-0.4, -0.2) is 24.4 Å². The van der Waals surface area contributed by atoms with Crippen LogP contribution in [-0.2, 0) is 0 Å². The zero-order chi connectivity index (χ0) is 16.7. The minimum absolute atomic E-state index is 0.0642. The second kappa shape index (κ2) is 5.80. The number of furan rings is 1. The summed E-state index contributed by atoms with van der Waals surface area (Å²) in [5.41, 5.74) is 3.96. The fraction of sp³-hybridized carbons (Fsp3) is 0.250. The van der Waals surface area contributed by atoms with Gasteiger partial charge < -0.3 is 14.6 Å². The van der Waals surface area contributed by atoms with Crippen LogP contribution in [0.1, 0.15) is 40.5 Å². The van der Waals surface area contributed by atoms with Crippen molar-refractivity contribution in [1.82, 2.24) is 10.2 Å². The maximum atomic E-state index is 12.3. The number of hydrogen-bond donors (Lipinski definition) is 1. The smallest absolute Gasteiger partial charge is 0.254 e. The number of amides is 1. The molecule has 4 rings (SSSR count). The SMILES string of the molecule is CC(NCC1c2ccccc2C(=O)N1C)c1coc2ccccc12. The van der Waals surface area contributed by atoms with E-state index in [0.29, 0.717) is 6.54 Å². The van der Waals surface area contributed by atoms with E-state index in [4.69, 9.17) is 4.42 Å². The molecule has 1 aromatic heterocycles. The fourth-order valence-corrected chi connectivity index (χ4v) is 3.50. The topological polar surface area (TPSA) is 45.5 Å². The second-order valence-electron chi connectivity index (χ2n) is 6.34. The molecular weight excluding hydrogens is 300 g/mol. The molecule has 3 aromatic rings. The van der Waals surface area contributed by atoms with Gasteiger partial charge in [0, 0.05) is 36.1 Å². The van der Waals surface area contributed by atoms with Crippen LogP contribution in [0, 0.1) is 0 Å². The summed E-state index contributed by atoms with van der Waals surface area (Å²) in [5, 5.41) is 4.69. The summed E-state index contributed by atoms with van der Waals surface area (Å²) >= 11 is 0. The number of benzene rings is 2. The summed E-state index contributed by atoms with van der Waals surface area (Å²) in [4.78, 5) is 14.2. The van der Waals surface area contributed by atoms with Crippen molar-refractivity contribution in [2.75, 3.05) is 13.6 Å². The van der Waals surface area contributed by atoms with Crippen molar-refractivity contribution < 1.29 is 9.21 Å². The van der Waals surface area contributed by atoms with Gasteiger partial charge in [0.2, 0.25) is 0 Å². The predicted octanol–water partition coefficient (Wildman–Crippen LogP) is 3.91. The molecule has 0 fully saturated rings. The number of para-hydroxylation sites is 1. The highest BCUT2D eigenvalue weighted by atomic mass is 16.3. The number of likely N-dealkylation sites (N-methyl/N-ethyl adjacent to an activating group) is 1. The van der Waals surface area contributed by atoms with Crippen molar-refractivity contribution in [3.8, 4) is 0 Å². The first-order valence-electron chi connectivity index (χ1n) is 8.22. The Morgan fingerprint density at radius 2 is 1.92 bits per heavy atom. The number of carbonyl (C=O) groups excluding carboxylic acids is 1. The molecule has 2 aromatic carbocycles. The third-order valence-electron chi connectivity index (χ3n) is 4.93. The van der Waals surface area contributed by atoms with Crippen molar-refractivity contribution in [3.05, 3.63) is 71.5 Å². The van der Waals surface area contributed by atoms with Crippen LogP contribution in [0.15, 0.2) is 59.2 Å². The van der Waals surface area contributed by atoms with Crippen molar-refractivity contribution in [2.45, 2.75) is 19.0 Å². The number of nitrogens with one attached hydrogen (secondary N) is 1. The lowest BCUT2D eigenvalue weighted by molar-refractivity contribution is 0.0771. The normalized spacial score (nSPS) is 18.2. The summed E-state index contributed by atoms with van der Waals surface area (Å²) in [6, 6.07) is 16.1. The number of fused-ring (bicyclic) bond motifs is 2. The molecule has 0 aliphatic carbocycles. The molecule has 4 heteroatoms. The molecule has 0 saturated heterocycles. The zero-order valence-electron chi connectivity index (χ0n) is 13.8. The van der Waals surface area contributed by atoms with E-state index >= 15 is 0 Å². The van der Waals surface area contributed by atoms with Crippen LogP contribution in [0.5, 0.6) is 0 Å². The van der Waals surface area contributed by atoms with Gasteiger partial charge >= 0.3 is 0 Å². The van der Waals surface area contributed by atoms with Gasteiger partial charge in [-0.3, -0.25) is 4.79 Å². The molecule has 0 radical (unpaired) electrons. The predicted molar refractivity (Wildman–Crippen MR) is 93.9 cm³/mol. The first-order chi connectivity index (χ1) is 11.7. The number of rotatable bonds is 4. The molecular formula is C20H20N2O2. The van der Waals surface area contributed by atoms with Gasteiger partial charge in [-0.15, -0.1) is 0 Å². The average Bonchev–Trinajstić information content (AvgIpc) is 3.14. The van der Waals surface area contributed by atoms with Crippen molar-refractivity contribution in [1.29, 1.82) is 0 Å². The summed E-state index contributed by atoms with van der Waals surface area (Å²) in [6.07, 6.45) is 1.82. The third kappa shape index (κ3) is 2.31. The van der Waals surface area contributed by atoms with E-state index in [1.165, 1.54) is 0 Å². The van der Waals surface area contributed by atoms with E-state index in [0.717, 1.165) is 27.7 Å². The molecule has 2 atom stereocenters. The molecule has 1 amide bonds. The maximum Gasteiger partial charge on any atom is 0.254 e. The molecule has 122 valence electrons. The Balaban J connectivity index is 1.54. The fourth-order valence-electron chi connectivity index (χ4n) is 3.50. The van der Waals surface area contributed by atoms with Crippen molar-refractivity contribution in [3.63, 3.8) is 0 Å². The van der Waals surface area contributed by atoms with Gasteiger partial charge in [-0.25, -0.2) is 0 Å². The summed E-state index contributed by atoms with van der Waals surface area (Å²) in [5.74, 6) is 0.0961. The van der Waals surface area contributed by atoms with Crippen molar-refractivity contribution >= 4 is 16.9 Å². The van der Waals surface area contributed by atoms with Crippen LogP contribution < -0.4 is 5.32 Å². The first kappa shape index (κ1) is 15.0. The Morgan fingerprint density at radius 1 is 1.17 bits per heavy atom. The van der Waals surface area contributed by atoms with E-state index in [1.807, 2.05) is 60.7 Å². The summed E-state index contributed by atoms with van der Waals surface area (Å²) in [7, 11) is 1.87. The highest BCUT2D eigenvalue weighted by Gasteiger charge is 2.33. The molecule has 2 heterocycles. The first-order valence-corrected chi connectivity index (χ1v) is 8.22. The van der Waals surface area contributed by atoms with E-state index in [2.05, 4.69) is 18.3 Å². The van der Waals surface area contributed by atoms with Gasteiger partial charge in [0.1, 0.15) is 5.58 Å². The maximum absolute atomic E-state index is 12.3. The van der Waals surface area contributed by atoms with Gasteiger partial charge in [0.25, 0.3) is 5.91 Å². The van der Waals surface area contributed by atoms with Gasteiger partial charge in [-0.2, -0.15) is 0 Å². The monoisotopic (exact) mass is 320 g/mol. The standard InChI is InChI=1S/C20H20N2O2/c1-13(17-12-24-19-10-6-5-8-15(17)19)21-11-18-14-7-3-4-9-16(14)20(23)22(18)2/h3-10,12-13,18,21H,11H2,1-2H3. The molecule has 2 unspecified atom stereocenters. The van der Waals surface area contributed by atoms with E-state index in [-0.39, 0.29) is 18.0 Å². The highest BCUT2D eigenvalue weighted by Crippen LogP contribution is 2.32. The highest BCUT2D eigenvalue weighted by molar-refractivity contribution is 5.99. The molecule has 0 saturated carbocycles. The molecule has 0 spiro atoms. The van der Waals surface area contributed by atoms with E-state index in [1.54, 1.807) is 0 Å².